The maximum absolute atomic E-state index is 4.47. The van der Waals surface area contributed by atoms with E-state index in [0.717, 1.165) is 24.9 Å². The minimum atomic E-state index is 0.178. The van der Waals surface area contributed by atoms with Gasteiger partial charge in [-0.3, -0.25) is 0 Å². The topological polar surface area (TPSA) is 28.2 Å². The first-order chi connectivity index (χ1) is 8.47. The fourth-order valence-electron chi connectivity index (χ4n) is 2.00. The molecule has 1 aliphatic rings. The molecule has 1 N–H and O–H groups in total. The van der Waals surface area contributed by atoms with Crippen molar-refractivity contribution in [3.8, 4) is 0 Å². The van der Waals surface area contributed by atoms with Crippen LogP contribution in [0.1, 0.15) is 39.2 Å². The van der Waals surface area contributed by atoms with Crippen LogP contribution in [0.5, 0.6) is 0 Å². The second-order valence-corrected chi connectivity index (χ2v) is 6.32. The highest BCUT2D eigenvalue weighted by Crippen LogP contribution is 2.25. The number of nitrogens with zero attached hydrogens (tertiary/aromatic N) is 2. The lowest BCUT2D eigenvalue weighted by Gasteiger charge is -2.19. The summed E-state index contributed by atoms with van der Waals surface area (Å²) in [6.07, 6.45) is 4.72. The van der Waals surface area contributed by atoms with Crippen LogP contribution >= 0.6 is 0 Å². The Bertz CT molecular complexity index is 374. The third-order valence-electron chi connectivity index (χ3n) is 3.57. The molecule has 0 saturated heterocycles. The number of aromatic nitrogens is 1. The summed E-state index contributed by atoms with van der Waals surface area (Å²) in [7, 11) is 2.20. The van der Waals surface area contributed by atoms with Crippen molar-refractivity contribution in [3.05, 3.63) is 23.9 Å². The van der Waals surface area contributed by atoms with Crippen molar-refractivity contribution in [1.82, 2.24) is 9.88 Å². The van der Waals surface area contributed by atoms with E-state index in [1.54, 1.807) is 0 Å². The molecule has 1 saturated carbocycles. The normalized spacial score (nSPS) is 16.1. The Morgan fingerprint density at radius 2 is 2.06 bits per heavy atom. The molecule has 3 nitrogen and oxygen atoms in total. The lowest BCUT2D eigenvalue weighted by molar-refractivity contribution is 0.337. The summed E-state index contributed by atoms with van der Waals surface area (Å²) in [5, 5.41) is 3.38. The van der Waals surface area contributed by atoms with E-state index in [-0.39, 0.29) is 5.41 Å². The van der Waals surface area contributed by atoms with E-state index in [1.807, 2.05) is 6.20 Å². The van der Waals surface area contributed by atoms with Crippen LogP contribution in [0.25, 0.3) is 0 Å². The standard InChI is InChI=1S/C15H25N3/c1-15(2,3)12-5-8-14(17-11-12)16-9-10-18(4)13-6-7-13/h5,8,11,13H,6-7,9-10H2,1-4H3,(H,16,17). The first-order valence-electron chi connectivity index (χ1n) is 6.87. The van der Waals surface area contributed by atoms with Crippen LogP contribution in [0.15, 0.2) is 18.3 Å². The van der Waals surface area contributed by atoms with Gasteiger partial charge in [0.15, 0.2) is 0 Å². The molecular formula is C15H25N3. The van der Waals surface area contributed by atoms with Gasteiger partial charge in [0, 0.05) is 25.3 Å². The predicted molar refractivity (Wildman–Crippen MR) is 77.1 cm³/mol. The third-order valence-corrected chi connectivity index (χ3v) is 3.57. The Kier molecular flexibility index (Phi) is 3.91. The number of nitrogens with one attached hydrogen (secondary N) is 1. The number of pyridine rings is 1. The highest BCUT2D eigenvalue weighted by molar-refractivity contribution is 5.37. The maximum atomic E-state index is 4.47. The largest absolute Gasteiger partial charge is 0.369 e. The summed E-state index contributed by atoms with van der Waals surface area (Å²) in [6, 6.07) is 5.08. The van der Waals surface area contributed by atoms with Gasteiger partial charge in [-0.05, 0) is 36.9 Å². The molecule has 1 aromatic heterocycles. The summed E-state index contributed by atoms with van der Waals surface area (Å²) < 4.78 is 0. The van der Waals surface area contributed by atoms with Crippen LogP contribution in [-0.4, -0.2) is 36.1 Å². The molecule has 1 aromatic rings. The van der Waals surface area contributed by atoms with E-state index in [4.69, 9.17) is 0 Å². The minimum absolute atomic E-state index is 0.178. The summed E-state index contributed by atoms with van der Waals surface area (Å²) >= 11 is 0. The van der Waals surface area contributed by atoms with Crippen LogP contribution in [0.3, 0.4) is 0 Å². The highest BCUT2D eigenvalue weighted by atomic mass is 15.2. The molecule has 18 heavy (non-hydrogen) atoms. The van der Waals surface area contributed by atoms with Crippen molar-refractivity contribution >= 4 is 5.82 Å². The average molecular weight is 247 g/mol. The molecule has 0 radical (unpaired) electrons. The fourth-order valence-corrected chi connectivity index (χ4v) is 2.00. The number of hydrogen-bond acceptors (Lipinski definition) is 3. The molecule has 1 fully saturated rings. The van der Waals surface area contributed by atoms with Crippen molar-refractivity contribution in [2.75, 3.05) is 25.5 Å². The van der Waals surface area contributed by atoms with E-state index in [2.05, 4.69) is 55.2 Å². The molecular weight excluding hydrogens is 222 g/mol. The molecule has 100 valence electrons. The van der Waals surface area contributed by atoms with Crippen LogP contribution in [-0.2, 0) is 5.41 Å². The average Bonchev–Trinajstić information content (AvgIpc) is 3.12. The molecule has 0 aromatic carbocycles. The van der Waals surface area contributed by atoms with Gasteiger partial charge in [0.25, 0.3) is 0 Å². The molecule has 0 spiro atoms. The van der Waals surface area contributed by atoms with Gasteiger partial charge in [0.05, 0.1) is 0 Å². The number of likely N-dealkylation sites (N-methyl/N-ethyl adjacent to an activating group) is 1. The van der Waals surface area contributed by atoms with Gasteiger partial charge in [0.1, 0.15) is 5.82 Å². The van der Waals surface area contributed by atoms with E-state index in [1.165, 1.54) is 18.4 Å². The Hall–Kier alpha value is -1.09. The molecule has 0 amide bonds. The predicted octanol–water partition coefficient (Wildman–Crippen LogP) is 2.89. The first-order valence-corrected chi connectivity index (χ1v) is 6.87. The molecule has 1 heterocycles. The third kappa shape index (κ3) is 3.70. The van der Waals surface area contributed by atoms with Gasteiger partial charge in [0.2, 0.25) is 0 Å². The molecule has 0 aliphatic heterocycles. The Balaban J connectivity index is 1.79. The van der Waals surface area contributed by atoms with Gasteiger partial charge in [-0.2, -0.15) is 0 Å². The zero-order chi connectivity index (χ0) is 13.2. The molecule has 3 heteroatoms. The van der Waals surface area contributed by atoms with Gasteiger partial charge in [-0.15, -0.1) is 0 Å². The number of anilines is 1. The quantitative estimate of drug-likeness (QED) is 0.867. The van der Waals surface area contributed by atoms with Crippen LogP contribution < -0.4 is 5.32 Å². The smallest absolute Gasteiger partial charge is 0.125 e. The summed E-state index contributed by atoms with van der Waals surface area (Å²) in [5.41, 5.74) is 1.46. The van der Waals surface area contributed by atoms with Crippen molar-refractivity contribution < 1.29 is 0 Å². The van der Waals surface area contributed by atoms with Gasteiger partial charge in [-0.1, -0.05) is 26.8 Å². The van der Waals surface area contributed by atoms with E-state index in [9.17, 15) is 0 Å². The van der Waals surface area contributed by atoms with Gasteiger partial charge in [-0.25, -0.2) is 4.98 Å². The van der Waals surface area contributed by atoms with E-state index < -0.39 is 0 Å². The number of rotatable bonds is 5. The van der Waals surface area contributed by atoms with Crippen molar-refractivity contribution in [2.24, 2.45) is 0 Å². The van der Waals surface area contributed by atoms with Crippen LogP contribution in [0.4, 0.5) is 5.82 Å². The van der Waals surface area contributed by atoms with Gasteiger partial charge < -0.3 is 10.2 Å². The molecule has 0 bridgehead atoms. The van der Waals surface area contributed by atoms with E-state index in [0.29, 0.717) is 0 Å². The Labute approximate surface area is 111 Å². The van der Waals surface area contributed by atoms with Gasteiger partial charge >= 0.3 is 0 Å². The molecule has 0 atom stereocenters. The second kappa shape index (κ2) is 5.27. The second-order valence-electron chi connectivity index (χ2n) is 6.32. The zero-order valence-corrected chi connectivity index (χ0v) is 12.0. The SMILES string of the molecule is CN(CCNc1ccc(C(C)(C)C)cn1)C1CC1. The van der Waals surface area contributed by atoms with Crippen molar-refractivity contribution in [1.29, 1.82) is 0 Å². The lowest BCUT2D eigenvalue weighted by Crippen LogP contribution is -2.27. The monoisotopic (exact) mass is 247 g/mol. The molecule has 0 unspecified atom stereocenters. The minimum Gasteiger partial charge on any atom is -0.369 e. The fraction of sp³-hybridized carbons (Fsp3) is 0.667. The molecule has 1 aliphatic carbocycles. The molecule has 2 rings (SSSR count). The van der Waals surface area contributed by atoms with Crippen molar-refractivity contribution in [2.45, 2.75) is 45.1 Å². The Morgan fingerprint density at radius 3 is 2.56 bits per heavy atom. The Morgan fingerprint density at radius 1 is 1.33 bits per heavy atom. The summed E-state index contributed by atoms with van der Waals surface area (Å²) in [6.45, 7) is 8.69. The summed E-state index contributed by atoms with van der Waals surface area (Å²) in [5.74, 6) is 0.979. The van der Waals surface area contributed by atoms with Crippen molar-refractivity contribution in [3.63, 3.8) is 0 Å². The number of hydrogen-bond donors (Lipinski definition) is 1. The highest BCUT2D eigenvalue weighted by Gasteiger charge is 2.25. The lowest BCUT2D eigenvalue weighted by atomic mass is 9.88. The van der Waals surface area contributed by atoms with Crippen LogP contribution in [0.2, 0.25) is 0 Å². The van der Waals surface area contributed by atoms with Crippen LogP contribution in [0, 0.1) is 0 Å². The summed E-state index contributed by atoms with van der Waals surface area (Å²) in [4.78, 5) is 6.90. The zero-order valence-electron chi connectivity index (χ0n) is 12.0. The van der Waals surface area contributed by atoms with E-state index >= 15 is 0 Å². The maximum Gasteiger partial charge on any atom is 0.125 e. The first kappa shape index (κ1) is 13.3.